The topological polar surface area (TPSA) is 34.8 Å². The maximum absolute atomic E-state index is 4.39. The highest BCUT2D eigenvalue weighted by Gasteiger charge is 2.00. The summed E-state index contributed by atoms with van der Waals surface area (Å²) in [5.74, 6) is 0. The minimum atomic E-state index is 0.800. The number of aromatic nitrogens is 3. The van der Waals surface area contributed by atoms with E-state index in [0.717, 1.165) is 25.3 Å². The van der Waals surface area contributed by atoms with Crippen molar-refractivity contribution in [2.45, 2.75) is 26.6 Å². The predicted octanol–water partition coefficient (Wildman–Crippen LogP) is 3.36. The summed E-state index contributed by atoms with van der Waals surface area (Å²) >= 11 is 0. The first-order valence-electron chi connectivity index (χ1n) is 7.28. The highest BCUT2D eigenvalue weighted by atomic mass is 15.3. The quantitative estimate of drug-likeness (QED) is 0.751. The molecule has 1 aromatic carbocycles. The van der Waals surface area contributed by atoms with E-state index in [9.17, 15) is 0 Å². The first kappa shape index (κ1) is 13.5. The van der Waals surface area contributed by atoms with Crippen molar-refractivity contribution < 1.29 is 0 Å². The van der Waals surface area contributed by atoms with Gasteiger partial charge in [0.2, 0.25) is 0 Å². The van der Waals surface area contributed by atoms with Crippen molar-refractivity contribution in [2.75, 3.05) is 5.32 Å². The predicted molar refractivity (Wildman–Crippen MR) is 85.2 cm³/mol. The van der Waals surface area contributed by atoms with Crippen molar-refractivity contribution in [3.63, 3.8) is 0 Å². The molecule has 0 fully saturated rings. The number of hydrogen-bond acceptors (Lipinski definition) is 2. The Morgan fingerprint density at radius 3 is 2.67 bits per heavy atom. The maximum Gasteiger partial charge on any atom is 0.0729 e. The smallest absolute Gasteiger partial charge is 0.0729 e. The Bertz CT molecular complexity index is 682. The third-order valence-electron chi connectivity index (χ3n) is 3.49. The zero-order valence-electron chi connectivity index (χ0n) is 12.2. The molecule has 108 valence electrons. The largest absolute Gasteiger partial charge is 0.378 e. The zero-order chi connectivity index (χ0) is 14.5. The highest BCUT2D eigenvalue weighted by Crippen LogP contribution is 2.10. The van der Waals surface area contributed by atoms with E-state index in [1.165, 1.54) is 11.1 Å². The van der Waals surface area contributed by atoms with Crippen LogP contribution < -0.4 is 5.32 Å². The van der Waals surface area contributed by atoms with E-state index in [0.29, 0.717) is 0 Å². The van der Waals surface area contributed by atoms with Crippen LogP contribution in [0, 0.1) is 0 Å². The van der Waals surface area contributed by atoms with E-state index in [2.05, 4.69) is 64.6 Å². The van der Waals surface area contributed by atoms with E-state index >= 15 is 0 Å². The van der Waals surface area contributed by atoms with Gasteiger partial charge in [0.1, 0.15) is 0 Å². The highest BCUT2D eigenvalue weighted by molar-refractivity contribution is 5.39. The van der Waals surface area contributed by atoms with Gasteiger partial charge in [-0.25, -0.2) is 0 Å². The standard InChI is InChI=1S/C17H20N4/c1-2-20-9-8-16(12-20)10-18-17-11-19-21(14-17)13-15-6-4-3-5-7-15/h3-9,11-12,14,18H,2,10,13H2,1H3. The molecular formula is C17H20N4. The first-order chi connectivity index (χ1) is 10.3. The molecule has 2 aromatic heterocycles. The molecule has 3 aromatic rings. The third kappa shape index (κ3) is 3.54. The Morgan fingerprint density at radius 1 is 1.05 bits per heavy atom. The number of rotatable bonds is 6. The van der Waals surface area contributed by atoms with Crippen LogP contribution >= 0.6 is 0 Å². The summed E-state index contributed by atoms with van der Waals surface area (Å²) in [6.45, 7) is 4.78. The summed E-state index contributed by atoms with van der Waals surface area (Å²) in [6, 6.07) is 12.5. The second-order valence-electron chi connectivity index (χ2n) is 5.12. The second kappa shape index (κ2) is 6.31. The van der Waals surface area contributed by atoms with Crippen LogP contribution in [0.2, 0.25) is 0 Å². The molecule has 2 heterocycles. The fourth-order valence-electron chi connectivity index (χ4n) is 2.31. The van der Waals surface area contributed by atoms with Crippen LogP contribution in [0.3, 0.4) is 0 Å². The lowest BCUT2D eigenvalue weighted by molar-refractivity contribution is 0.687. The van der Waals surface area contributed by atoms with Gasteiger partial charge in [-0.3, -0.25) is 4.68 Å². The second-order valence-corrected chi connectivity index (χ2v) is 5.12. The molecule has 0 saturated heterocycles. The average molecular weight is 280 g/mol. The Kier molecular flexibility index (Phi) is 4.05. The van der Waals surface area contributed by atoms with E-state index < -0.39 is 0 Å². The lowest BCUT2D eigenvalue weighted by Gasteiger charge is -2.02. The van der Waals surface area contributed by atoms with Crippen LogP contribution in [0.15, 0.2) is 61.2 Å². The third-order valence-corrected chi connectivity index (χ3v) is 3.49. The molecule has 21 heavy (non-hydrogen) atoms. The lowest BCUT2D eigenvalue weighted by Crippen LogP contribution is -2.00. The summed E-state index contributed by atoms with van der Waals surface area (Å²) < 4.78 is 4.13. The molecule has 0 spiro atoms. The molecule has 0 bridgehead atoms. The summed E-state index contributed by atoms with van der Waals surface area (Å²) in [5, 5.41) is 7.80. The van der Waals surface area contributed by atoms with Gasteiger partial charge in [-0.2, -0.15) is 5.10 Å². The molecule has 0 amide bonds. The van der Waals surface area contributed by atoms with Gasteiger partial charge >= 0.3 is 0 Å². The lowest BCUT2D eigenvalue weighted by atomic mass is 10.2. The summed E-state index contributed by atoms with van der Waals surface area (Å²) in [5.41, 5.74) is 3.59. The number of anilines is 1. The normalized spacial score (nSPS) is 10.7. The van der Waals surface area contributed by atoms with Gasteiger partial charge in [-0.05, 0) is 24.1 Å². The van der Waals surface area contributed by atoms with Crippen LogP contribution in [0.1, 0.15) is 18.1 Å². The number of nitrogens with one attached hydrogen (secondary N) is 1. The van der Waals surface area contributed by atoms with Crippen molar-refractivity contribution in [3.8, 4) is 0 Å². The van der Waals surface area contributed by atoms with Crippen LogP contribution in [0.25, 0.3) is 0 Å². The minimum Gasteiger partial charge on any atom is -0.378 e. The number of aryl methyl sites for hydroxylation is 1. The number of benzene rings is 1. The van der Waals surface area contributed by atoms with Gasteiger partial charge in [0.25, 0.3) is 0 Å². The van der Waals surface area contributed by atoms with E-state index in [1.807, 2.05) is 23.1 Å². The molecule has 0 aliphatic carbocycles. The molecule has 1 N–H and O–H groups in total. The average Bonchev–Trinajstić information content (AvgIpc) is 3.15. The van der Waals surface area contributed by atoms with Crippen molar-refractivity contribution in [1.82, 2.24) is 14.3 Å². The summed E-state index contributed by atoms with van der Waals surface area (Å²) in [6.07, 6.45) is 8.20. The zero-order valence-corrected chi connectivity index (χ0v) is 12.2. The van der Waals surface area contributed by atoms with Crippen LogP contribution in [-0.4, -0.2) is 14.3 Å². The van der Waals surface area contributed by atoms with Crippen LogP contribution in [0.4, 0.5) is 5.69 Å². The van der Waals surface area contributed by atoms with Crippen molar-refractivity contribution in [2.24, 2.45) is 0 Å². The molecule has 0 unspecified atom stereocenters. The van der Waals surface area contributed by atoms with Crippen LogP contribution in [-0.2, 0) is 19.6 Å². The van der Waals surface area contributed by atoms with Gasteiger partial charge in [0.05, 0.1) is 18.4 Å². The van der Waals surface area contributed by atoms with E-state index in [4.69, 9.17) is 0 Å². The summed E-state index contributed by atoms with van der Waals surface area (Å²) in [4.78, 5) is 0. The monoisotopic (exact) mass is 280 g/mol. The van der Waals surface area contributed by atoms with Crippen LogP contribution in [0.5, 0.6) is 0 Å². The van der Waals surface area contributed by atoms with E-state index in [-0.39, 0.29) is 0 Å². The first-order valence-corrected chi connectivity index (χ1v) is 7.28. The molecule has 0 aliphatic rings. The molecule has 4 heteroatoms. The Hall–Kier alpha value is -2.49. The maximum atomic E-state index is 4.39. The van der Waals surface area contributed by atoms with Gasteiger partial charge in [0, 0.05) is 31.7 Å². The van der Waals surface area contributed by atoms with Gasteiger partial charge in [-0.15, -0.1) is 0 Å². The molecular weight excluding hydrogens is 260 g/mol. The van der Waals surface area contributed by atoms with Gasteiger partial charge < -0.3 is 9.88 Å². The SMILES string of the molecule is CCn1ccc(CNc2cnn(Cc3ccccc3)c2)c1. The fourth-order valence-corrected chi connectivity index (χ4v) is 2.31. The summed E-state index contributed by atoms with van der Waals surface area (Å²) in [7, 11) is 0. The molecule has 0 saturated carbocycles. The fraction of sp³-hybridized carbons (Fsp3) is 0.235. The molecule has 0 atom stereocenters. The number of nitrogens with zero attached hydrogens (tertiary/aromatic N) is 3. The molecule has 4 nitrogen and oxygen atoms in total. The van der Waals surface area contributed by atoms with Crippen molar-refractivity contribution >= 4 is 5.69 Å². The molecule has 0 radical (unpaired) electrons. The Balaban J connectivity index is 1.57. The Morgan fingerprint density at radius 2 is 1.90 bits per heavy atom. The number of hydrogen-bond donors (Lipinski definition) is 1. The van der Waals surface area contributed by atoms with Crippen molar-refractivity contribution in [1.29, 1.82) is 0 Å². The van der Waals surface area contributed by atoms with Gasteiger partial charge in [0.15, 0.2) is 0 Å². The molecule has 3 rings (SSSR count). The Labute approximate surface area is 125 Å². The van der Waals surface area contributed by atoms with Gasteiger partial charge in [-0.1, -0.05) is 30.3 Å². The van der Waals surface area contributed by atoms with Crippen molar-refractivity contribution in [3.05, 3.63) is 72.3 Å². The molecule has 0 aliphatic heterocycles. The minimum absolute atomic E-state index is 0.800. The van der Waals surface area contributed by atoms with E-state index in [1.54, 1.807) is 0 Å².